The lowest BCUT2D eigenvalue weighted by Gasteiger charge is -2.10. The van der Waals surface area contributed by atoms with Crippen LogP contribution in [-0.4, -0.2) is 40.5 Å². The van der Waals surface area contributed by atoms with Crippen LogP contribution in [0.3, 0.4) is 0 Å². The summed E-state index contributed by atoms with van der Waals surface area (Å²) in [5.74, 6) is -1.03. The van der Waals surface area contributed by atoms with Gasteiger partial charge in [0.1, 0.15) is 0 Å². The number of carbonyl (C=O) groups excluding carboxylic acids is 3. The number of amides is 1. The molecule has 0 aliphatic carbocycles. The van der Waals surface area contributed by atoms with E-state index in [-0.39, 0.29) is 18.8 Å². The topological polar surface area (TPSA) is 98.2 Å². The van der Waals surface area contributed by atoms with E-state index in [0.717, 1.165) is 17.0 Å². The summed E-state index contributed by atoms with van der Waals surface area (Å²) in [7, 11) is 0. The van der Waals surface area contributed by atoms with E-state index in [1.54, 1.807) is 24.3 Å². The van der Waals surface area contributed by atoms with Crippen molar-refractivity contribution in [2.75, 3.05) is 18.2 Å². The van der Waals surface area contributed by atoms with E-state index in [4.69, 9.17) is 4.74 Å². The van der Waals surface area contributed by atoms with Gasteiger partial charge in [-0.1, -0.05) is 23.9 Å². The molecule has 1 aromatic carbocycles. The van der Waals surface area contributed by atoms with Gasteiger partial charge in [-0.3, -0.25) is 14.4 Å². The fourth-order valence-electron chi connectivity index (χ4n) is 2.62. The summed E-state index contributed by atoms with van der Waals surface area (Å²) in [5, 5.41) is 3.31. The fourth-order valence-corrected chi connectivity index (χ4v) is 3.08. The molecule has 0 saturated heterocycles. The summed E-state index contributed by atoms with van der Waals surface area (Å²) in [6.07, 6.45) is 2.50. The van der Waals surface area contributed by atoms with Gasteiger partial charge in [-0.25, -0.2) is 9.97 Å². The van der Waals surface area contributed by atoms with Gasteiger partial charge >= 0.3 is 5.97 Å². The molecule has 1 aromatic heterocycles. The number of aromatic nitrogens is 2. The Morgan fingerprint density at radius 2 is 1.82 bits per heavy atom. The van der Waals surface area contributed by atoms with Crippen molar-refractivity contribution < 1.29 is 19.1 Å². The smallest absolute Gasteiger partial charge is 0.306 e. The number of nitrogens with one attached hydrogen (secondary N) is 1. The van der Waals surface area contributed by atoms with Gasteiger partial charge in [0, 0.05) is 29.1 Å². The fraction of sp³-hybridized carbons (Fsp3) is 0.350. The van der Waals surface area contributed by atoms with Crippen LogP contribution in [0.5, 0.6) is 0 Å². The second-order valence-corrected chi connectivity index (χ2v) is 6.98. The normalized spacial score (nSPS) is 10.4. The van der Waals surface area contributed by atoms with Gasteiger partial charge in [-0.05, 0) is 51.1 Å². The molecule has 0 atom stereocenters. The van der Waals surface area contributed by atoms with Crippen molar-refractivity contribution in [1.82, 2.24) is 9.97 Å². The summed E-state index contributed by atoms with van der Waals surface area (Å²) in [4.78, 5) is 44.1. The van der Waals surface area contributed by atoms with Crippen LogP contribution in [0, 0.1) is 13.8 Å². The zero-order chi connectivity index (χ0) is 20.7. The Labute approximate surface area is 168 Å². The molecule has 0 saturated carbocycles. The lowest BCUT2D eigenvalue weighted by atomic mass is 10.1. The molecule has 0 aliphatic heterocycles. The van der Waals surface area contributed by atoms with E-state index in [9.17, 15) is 14.4 Å². The Kier molecular flexibility index (Phi) is 7.69. The summed E-state index contributed by atoms with van der Waals surface area (Å²) in [6.45, 7) is 4.84. The minimum Gasteiger partial charge on any atom is -0.456 e. The third kappa shape index (κ3) is 6.16. The van der Waals surface area contributed by atoms with Crippen molar-refractivity contribution >= 4 is 35.1 Å². The quantitative estimate of drug-likeness (QED) is 0.314. The summed E-state index contributed by atoms with van der Waals surface area (Å²) in [5.41, 5.74) is 3.57. The van der Waals surface area contributed by atoms with Crippen LogP contribution >= 0.6 is 11.8 Å². The van der Waals surface area contributed by atoms with E-state index in [2.05, 4.69) is 15.3 Å². The Hall–Kier alpha value is -2.74. The average molecular weight is 401 g/mol. The molecule has 148 valence electrons. The number of hydrogen-bond donors (Lipinski definition) is 1. The highest BCUT2D eigenvalue weighted by Crippen LogP contribution is 2.17. The first-order valence-electron chi connectivity index (χ1n) is 8.74. The van der Waals surface area contributed by atoms with Crippen LogP contribution in [0.4, 0.5) is 5.69 Å². The maximum atomic E-state index is 12.0. The molecule has 1 heterocycles. The molecule has 0 spiro atoms. The van der Waals surface area contributed by atoms with Crippen molar-refractivity contribution in [1.29, 1.82) is 0 Å². The molecule has 7 nitrogen and oxygen atoms in total. The second-order valence-electron chi connectivity index (χ2n) is 6.21. The molecule has 0 unspecified atom stereocenters. The molecule has 0 radical (unpaired) electrons. The summed E-state index contributed by atoms with van der Waals surface area (Å²) >= 11 is 1.47. The Morgan fingerprint density at radius 1 is 1.14 bits per heavy atom. The van der Waals surface area contributed by atoms with Crippen LogP contribution in [0.1, 0.15) is 40.7 Å². The number of nitrogens with zero attached hydrogens (tertiary/aromatic N) is 2. The summed E-state index contributed by atoms with van der Waals surface area (Å²) in [6, 6.07) is 6.58. The Balaban J connectivity index is 1.83. The largest absolute Gasteiger partial charge is 0.456 e. The molecule has 0 bridgehead atoms. The molecule has 0 fully saturated rings. The van der Waals surface area contributed by atoms with Gasteiger partial charge < -0.3 is 10.1 Å². The number of rotatable bonds is 8. The number of thioether (sulfide) groups is 1. The number of benzene rings is 1. The SMILES string of the molecule is CSc1nc(C)c(CCC(=O)OCC(=O)Nc2cccc(C(C)=O)c2)c(C)n1. The van der Waals surface area contributed by atoms with E-state index < -0.39 is 11.9 Å². The molecule has 28 heavy (non-hydrogen) atoms. The number of aryl methyl sites for hydroxylation is 2. The number of esters is 1. The molecular formula is C20H23N3O4S. The average Bonchev–Trinajstić information content (AvgIpc) is 2.65. The lowest BCUT2D eigenvalue weighted by molar-refractivity contribution is -0.147. The number of carbonyl (C=O) groups is 3. The molecule has 1 amide bonds. The van der Waals surface area contributed by atoms with Crippen molar-refractivity contribution in [2.45, 2.75) is 38.8 Å². The van der Waals surface area contributed by atoms with Crippen LogP contribution in [0.15, 0.2) is 29.4 Å². The standard InChI is InChI=1S/C20H23N3O4S/c1-12-17(13(2)22-20(21-12)28-4)8-9-19(26)27-11-18(25)23-16-7-5-6-15(10-16)14(3)24/h5-7,10H,8-9,11H2,1-4H3,(H,23,25). The monoisotopic (exact) mass is 401 g/mol. The third-order valence-corrected chi connectivity index (χ3v) is 4.63. The lowest BCUT2D eigenvalue weighted by Crippen LogP contribution is -2.21. The van der Waals surface area contributed by atoms with Crippen molar-refractivity contribution in [3.05, 3.63) is 46.8 Å². The van der Waals surface area contributed by atoms with Crippen molar-refractivity contribution in [3.63, 3.8) is 0 Å². The van der Waals surface area contributed by atoms with Gasteiger partial charge in [-0.15, -0.1) is 0 Å². The van der Waals surface area contributed by atoms with E-state index in [1.165, 1.54) is 18.7 Å². The second kappa shape index (κ2) is 9.98. The van der Waals surface area contributed by atoms with Gasteiger partial charge in [0.05, 0.1) is 0 Å². The van der Waals surface area contributed by atoms with Gasteiger partial charge in [0.2, 0.25) is 0 Å². The molecule has 8 heteroatoms. The van der Waals surface area contributed by atoms with Gasteiger partial charge in [0.15, 0.2) is 17.5 Å². The Morgan fingerprint density at radius 3 is 2.43 bits per heavy atom. The number of hydrogen-bond acceptors (Lipinski definition) is 7. The molecule has 1 N–H and O–H groups in total. The first-order valence-corrected chi connectivity index (χ1v) is 9.97. The third-order valence-electron chi connectivity index (χ3n) is 4.08. The number of ether oxygens (including phenoxy) is 1. The Bertz CT molecular complexity index is 876. The maximum Gasteiger partial charge on any atom is 0.306 e. The van der Waals surface area contributed by atoms with Crippen molar-refractivity contribution in [3.8, 4) is 0 Å². The summed E-state index contributed by atoms with van der Waals surface area (Å²) < 4.78 is 5.04. The van der Waals surface area contributed by atoms with Gasteiger partial charge in [0.25, 0.3) is 5.91 Å². The zero-order valence-electron chi connectivity index (χ0n) is 16.4. The van der Waals surface area contributed by atoms with E-state index >= 15 is 0 Å². The number of anilines is 1. The minimum atomic E-state index is -0.472. The van der Waals surface area contributed by atoms with Crippen molar-refractivity contribution in [2.24, 2.45) is 0 Å². The van der Waals surface area contributed by atoms with E-state index in [1.807, 2.05) is 20.1 Å². The van der Waals surface area contributed by atoms with Crippen LogP contribution < -0.4 is 5.32 Å². The highest BCUT2D eigenvalue weighted by molar-refractivity contribution is 7.98. The molecule has 0 aliphatic rings. The van der Waals surface area contributed by atoms with Crippen LogP contribution in [0.2, 0.25) is 0 Å². The molecule has 2 rings (SSSR count). The number of Topliss-reactive ketones (excluding diaryl/α,β-unsaturated/α-hetero) is 1. The van der Waals surface area contributed by atoms with E-state index in [0.29, 0.717) is 22.8 Å². The predicted molar refractivity (Wildman–Crippen MR) is 108 cm³/mol. The van der Waals surface area contributed by atoms with Crippen LogP contribution in [0.25, 0.3) is 0 Å². The first kappa shape index (κ1) is 21.6. The van der Waals surface area contributed by atoms with Crippen LogP contribution in [-0.2, 0) is 20.7 Å². The zero-order valence-corrected chi connectivity index (χ0v) is 17.2. The first-order chi connectivity index (χ1) is 13.3. The predicted octanol–water partition coefficient (Wildman–Crippen LogP) is 3.13. The minimum absolute atomic E-state index is 0.0948. The maximum absolute atomic E-state index is 12.0. The highest BCUT2D eigenvalue weighted by atomic mass is 32.2. The highest BCUT2D eigenvalue weighted by Gasteiger charge is 2.13. The molecular weight excluding hydrogens is 378 g/mol. The van der Waals surface area contributed by atoms with Gasteiger partial charge in [-0.2, -0.15) is 0 Å². The number of ketones is 1. The molecule has 2 aromatic rings.